The lowest BCUT2D eigenvalue weighted by atomic mass is 9.99. The Morgan fingerprint density at radius 1 is 1.32 bits per heavy atom. The molecule has 2 heterocycles. The van der Waals surface area contributed by atoms with E-state index in [0.29, 0.717) is 24.4 Å². The summed E-state index contributed by atoms with van der Waals surface area (Å²) in [5.41, 5.74) is 0.485. The van der Waals surface area contributed by atoms with Gasteiger partial charge < -0.3 is 10.0 Å². The predicted octanol–water partition coefficient (Wildman–Crippen LogP) is 1.15. The molecule has 8 nitrogen and oxygen atoms in total. The third-order valence-electron chi connectivity index (χ3n) is 4.12. The van der Waals surface area contributed by atoms with Crippen LogP contribution in [-0.2, 0) is 10.3 Å². The number of tetrazole rings is 1. The first-order valence-corrected chi connectivity index (χ1v) is 7.20. The average Bonchev–Trinajstić information content (AvgIpc) is 3.17. The Kier molecular flexibility index (Phi) is 3.51. The summed E-state index contributed by atoms with van der Waals surface area (Å²) in [6.45, 7) is 0. The molecule has 0 spiro atoms. The van der Waals surface area contributed by atoms with Crippen LogP contribution in [-0.4, -0.2) is 50.4 Å². The average molecular weight is 302 g/mol. The monoisotopic (exact) mass is 302 g/mol. The maximum Gasteiger partial charge on any atom is 0.333 e. The van der Waals surface area contributed by atoms with E-state index in [-0.39, 0.29) is 0 Å². The maximum atomic E-state index is 11.6. The van der Waals surface area contributed by atoms with Gasteiger partial charge in [-0.2, -0.15) is 0 Å². The zero-order valence-corrected chi connectivity index (χ0v) is 12.6. The van der Waals surface area contributed by atoms with Crippen molar-refractivity contribution in [2.75, 3.05) is 19.0 Å². The van der Waals surface area contributed by atoms with Gasteiger partial charge in [-0.15, -0.1) is 15.0 Å². The molecule has 0 amide bonds. The molecule has 0 radical (unpaired) electrons. The molecule has 0 unspecified atom stereocenters. The zero-order valence-electron chi connectivity index (χ0n) is 12.6. The molecule has 0 bridgehead atoms. The number of carbonyl (C=O) groups is 1. The lowest BCUT2D eigenvalue weighted by Gasteiger charge is -2.21. The third kappa shape index (κ3) is 2.30. The number of hydrogen-bond acceptors (Lipinski definition) is 6. The zero-order chi connectivity index (χ0) is 15.7. The second kappa shape index (κ2) is 5.36. The van der Waals surface area contributed by atoms with Crippen LogP contribution in [0.5, 0.6) is 0 Å². The van der Waals surface area contributed by atoms with Gasteiger partial charge in [-0.1, -0.05) is 12.8 Å². The first-order valence-electron chi connectivity index (χ1n) is 7.20. The van der Waals surface area contributed by atoms with Crippen molar-refractivity contribution >= 4 is 11.7 Å². The Morgan fingerprint density at radius 3 is 2.59 bits per heavy atom. The van der Waals surface area contributed by atoms with E-state index in [0.717, 1.165) is 18.5 Å². The SMILES string of the molecule is CN(C)c1ccc(-c2nnn(C3(C(=O)O)CCCC3)n2)nc1. The highest BCUT2D eigenvalue weighted by atomic mass is 16.4. The van der Waals surface area contributed by atoms with Gasteiger partial charge in [0.1, 0.15) is 5.69 Å². The second-order valence-electron chi connectivity index (χ2n) is 5.74. The molecule has 2 aromatic heterocycles. The number of rotatable bonds is 4. The minimum absolute atomic E-state index is 0.345. The number of carboxylic acid groups (broad SMARTS) is 1. The first-order chi connectivity index (χ1) is 10.5. The highest BCUT2D eigenvalue weighted by Gasteiger charge is 2.45. The van der Waals surface area contributed by atoms with Gasteiger partial charge >= 0.3 is 5.97 Å². The molecule has 1 N–H and O–H groups in total. The van der Waals surface area contributed by atoms with Crippen LogP contribution in [0.15, 0.2) is 18.3 Å². The molecule has 116 valence electrons. The van der Waals surface area contributed by atoms with Crippen LogP contribution in [0.4, 0.5) is 5.69 Å². The lowest BCUT2D eigenvalue weighted by molar-refractivity contribution is -0.148. The molecule has 1 aliphatic carbocycles. The van der Waals surface area contributed by atoms with Crippen LogP contribution in [0, 0.1) is 0 Å². The molecule has 3 rings (SSSR count). The van der Waals surface area contributed by atoms with Gasteiger partial charge in [-0.25, -0.2) is 4.79 Å². The van der Waals surface area contributed by atoms with Crippen molar-refractivity contribution in [3.8, 4) is 11.5 Å². The van der Waals surface area contributed by atoms with Crippen molar-refractivity contribution in [3.05, 3.63) is 18.3 Å². The molecule has 2 aromatic rings. The number of nitrogens with zero attached hydrogens (tertiary/aromatic N) is 6. The largest absolute Gasteiger partial charge is 0.479 e. The highest BCUT2D eigenvalue weighted by Crippen LogP contribution is 2.36. The molecule has 1 aliphatic rings. The molecule has 8 heteroatoms. The normalized spacial score (nSPS) is 16.6. The number of aliphatic carboxylic acids is 1. The standard InChI is InChI=1S/C14H18N6O2/c1-19(2)10-5-6-11(15-9-10)12-16-18-20(17-12)14(13(21)22)7-3-4-8-14/h5-6,9H,3-4,7-8H2,1-2H3,(H,21,22). The van der Waals surface area contributed by atoms with Crippen molar-refractivity contribution < 1.29 is 9.90 Å². The molecule has 1 saturated carbocycles. The molecular weight excluding hydrogens is 284 g/mol. The Hall–Kier alpha value is -2.51. The Balaban J connectivity index is 1.92. The van der Waals surface area contributed by atoms with Gasteiger partial charge in [0.15, 0.2) is 5.54 Å². The molecule has 0 aliphatic heterocycles. The number of aromatic nitrogens is 5. The predicted molar refractivity (Wildman–Crippen MR) is 79.5 cm³/mol. The summed E-state index contributed by atoms with van der Waals surface area (Å²) in [5.74, 6) is -0.553. The molecular formula is C14H18N6O2. The Bertz CT molecular complexity index is 673. The minimum Gasteiger partial charge on any atom is -0.479 e. The number of pyridine rings is 1. The van der Waals surface area contributed by atoms with E-state index in [4.69, 9.17) is 0 Å². The van der Waals surface area contributed by atoms with Crippen molar-refractivity contribution in [3.63, 3.8) is 0 Å². The van der Waals surface area contributed by atoms with E-state index in [2.05, 4.69) is 20.4 Å². The molecule has 22 heavy (non-hydrogen) atoms. The summed E-state index contributed by atoms with van der Waals surface area (Å²) in [5, 5.41) is 21.8. The second-order valence-corrected chi connectivity index (χ2v) is 5.74. The van der Waals surface area contributed by atoms with Crippen LogP contribution >= 0.6 is 0 Å². The van der Waals surface area contributed by atoms with E-state index < -0.39 is 11.5 Å². The van der Waals surface area contributed by atoms with Gasteiger partial charge in [0.2, 0.25) is 5.82 Å². The third-order valence-corrected chi connectivity index (χ3v) is 4.12. The van der Waals surface area contributed by atoms with E-state index in [1.165, 1.54) is 4.80 Å². The van der Waals surface area contributed by atoms with Gasteiger partial charge in [0.05, 0.1) is 11.9 Å². The van der Waals surface area contributed by atoms with Gasteiger partial charge in [0, 0.05) is 14.1 Å². The van der Waals surface area contributed by atoms with Crippen LogP contribution in [0.25, 0.3) is 11.5 Å². The quantitative estimate of drug-likeness (QED) is 0.904. The van der Waals surface area contributed by atoms with Gasteiger partial charge in [-0.3, -0.25) is 4.98 Å². The number of carboxylic acids is 1. The molecule has 1 fully saturated rings. The van der Waals surface area contributed by atoms with Crippen LogP contribution in [0.3, 0.4) is 0 Å². The van der Waals surface area contributed by atoms with E-state index in [9.17, 15) is 9.90 Å². The lowest BCUT2D eigenvalue weighted by Crippen LogP contribution is -2.41. The fourth-order valence-corrected chi connectivity index (χ4v) is 2.74. The summed E-state index contributed by atoms with van der Waals surface area (Å²) in [6.07, 6.45) is 4.51. The topological polar surface area (TPSA) is 97.0 Å². The fraction of sp³-hybridized carbons (Fsp3) is 0.500. The summed E-state index contributed by atoms with van der Waals surface area (Å²) < 4.78 is 0. The van der Waals surface area contributed by atoms with E-state index in [1.807, 2.05) is 25.1 Å². The highest BCUT2D eigenvalue weighted by molar-refractivity contribution is 5.76. The van der Waals surface area contributed by atoms with Crippen molar-refractivity contribution in [2.45, 2.75) is 31.2 Å². The molecule has 0 aromatic carbocycles. The number of hydrogen-bond donors (Lipinski definition) is 1. The Morgan fingerprint density at radius 2 is 2.05 bits per heavy atom. The number of anilines is 1. The minimum atomic E-state index is -1.06. The van der Waals surface area contributed by atoms with Crippen LogP contribution < -0.4 is 4.90 Å². The Labute approximate surface area is 127 Å². The van der Waals surface area contributed by atoms with Gasteiger partial charge in [-0.05, 0) is 30.2 Å². The fourth-order valence-electron chi connectivity index (χ4n) is 2.74. The van der Waals surface area contributed by atoms with Crippen molar-refractivity contribution in [1.82, 2.24) is 25.2 Å². The summed E-state index contributed by atoms with van der Waals surface area (Å²) >= 11 is 0. The van der Waals surface area contributed by atoms with Crippen molar-refractivity contribution in [2.24, 2.45) is 0 Å². The summed E-state index contributed by atoms with van der Waals surface area (Å²) in [6, 6.07) is 3.71. The molecule has 0 saturated heterocycles. The first kappa shape index (κ1) is 14.4. The van der Waals surface area contributed by atoms with Gasteiger partial charge in [0.25, 0.3) is 0 Å². The summed E-state index contributed by atoms with van der Waals surface area (Å²) in [4.78, 5) is 19.1. The van der Waals surface area contributed by atoms with Crippen LogP contribution in [0.1, 0.15) is 25.7 Å². The maximum absolute atomic E-state index is 11.6. The smallest absolute Gasteiger partial charge is 0.333 e. The van der Waals surface area contributed by atoms with Crippen molar-refractivity contribution in [1.29, 1.82) is 0 Å². The van der Waals surface area contributed by atoms with E-state index in [1.54, 1.807) is 12.3 Å². The van der Waals surface area contributed by atoms with Crippen LogP contribution in [0.2, 0.25) is 0 Å². The van der Waals surface area contributed by atoms with E-state index >= 15 is 0 Å². The molecule has 0 atom stereocenters. The summed E-state index contributed by atoms with van der Waals surface area (Å²) in [7, 11) is 3.86.